The Morgan fingerprint density at radius 3 is 2.73 bits per heavy atom. The molecule has 0 aliphatic heterocycles. The topological polar surface area (TPSA) is 117 Å². The monoisotopic (exact) mass is 441 g/mol. The molecule has 9 nitrogen and oxygen atoms in total. The Kier molecular flexibility index (Phi) is 4.34. The number of anilines is 1. The Morgan fingerprint density at radius 2 is 1.91 bits per heavy atom. The van der Waals surface area contributed by atoms with Crippen LogP contribution in [0.3, 0.4) is 0 Å². The number of aryl methyl sites for hydroxylation is 1. The van der Waals surface area contributed by atoms with Crippen LogP contribution < -0.4 is 11.4 Å². The van der Waals surface area contributed by atoms with Gasteiger partial charge in [-0.2, -0.15) is 4.98 Å². The molecular weight excluding hydrogens is 418 g/mol. The molecule has 9 heteroatoms. The van der Waals surface area contributed by atoms with Crippen molar-refractivity contribution in [2.45, 2.75) is 38.5 Å². The fraction of sp³-hybridized carbons (Fsp3) is 0.250. The molecule has 1 aliphatic rings. The largest absolute Gasteiger partial charge is 0.399 e. The molecule has 3 heterocycles. The van der Waals surface area contributed by atoms with Crippen molar-refractivity contribution in [1.82, 2.24) is 28.7 Å². The first-order chi connectivity index (χ1) is 16.1. The summed E-state index contributed by atoms with van der Waals surface area (Å²) in [6.45, 7) is 2.44. The maximum Gasteiger partial charge on any atom is 0.330 e. The highest BCUT2D eigenvalue weighted by molar-refractivity contribution is 5.80. The Bertz CT molecular complexity index is 1580. The normalized spacial score (nSPS) is 18.1. The summed E-state index contributed by atoms with van der Waals surface area (Å²) in [5.74, 6) is 0.418. The maximum atomic E-state index is 13.5. The van der Waals surface area contributed by atoms with Crippen LogP contribution in [0.2, 0.25) is 0 Å². The molecule has 0 amide bonds. The minimum atomic E-state index is -0.527. The van der Waals surface area contributed by atoms with Crippen molar-refractivity contribution >= 4 is 27.9 Å². The van der Waals surface area contributed by atoms with Crippen LogP contribution in [0.15, 0.2) is 59.8 Å². The Morgan fingerprint density at radius 1 is 1.09 bits per heavy atom. The second-order valence-corrected chi connectivity index (χ2v) is 8.38. The number of fused-ring (bicyclic) bond motifs is 3. The van der Waals surface area contributed by atoms with Gasteiger partial charge in [-0.25, -0.2) is 14.8 Å². The van der Waals surface area contributed by atoms with Crippen LogP contribution in [-0.4, -0.2) is 33.8 Å². The molecule has 5 aromatic rings. The Labute approximate surface area is 188 Å². The van der Waals surface area contributed by atoms with Crippen molar-refractivity contribution in [2.75, 3.05) is 5.73 Å². The van der Waals surface area contributed by atoms with Gasteiger partial charge in [0.1, 0.15) is 11.8 Å². The first-order valence-corrected chi connectivity index (χ1v) is 11.0. The number of nitrogens with two attached hydrogens (primary N) is 1. The van der Waals surface area contributed by atoms with E-state index in [1.165, 1.54) is 0 Å². The fourth-order valence-corrected chi connectivity index (χ4v) is 4.95. The second-order valence-electron chi connectivity index (χ2n) is 8.38. The Balaban J connectivity index is 1.60. The first kappa shape index (κ1) is 19.7. The van der Waals surface area contributed by atoms with E-state index in [1.807, 2.05) is 43.3 Å². The summed E-state index contributed by atoms with van der Waals surface area (Å²) < 4.78 is 5.22. The molecule has 6 rings (SSSR count). The zero-order valence-corrected chi connectivity index (χ0v) is 18.1. The summed E-state index contributed by atoms with van der Waals surface area (Å²) in [6.07, 6.45) is 4.05. The minimum Gasteiger partial charge on any atom is -0.399 e. The smallest absolute Gasteiger partial charge is 0.330 e. The fourth-order valence-electron chi connectivity index (χ4n) is 4.95. The summed E-state index contributed by atoms with van der Waals surface area (Å²) >= 11 is 0. The van der Waals surface area contributed by atoms with Crippen molar-refractivity contribution in [1.29, 1.82) is 0 Å². The van der Waals surface area contributed by atoms with Gasteiger partial charge in [-0.15, -0.1) is 0 Å². The van der Waals surface area contributed by atoms with E-state index in [2.05, 4.69) is 9.97 Å². The number of nitrogen functional groups attached to an aromatic ring is 1. The van der Waals surface area contributed by atoms with Crippen LogP contribution in [0.4, 0.5) is 5.69 Å². The van der Waals surface area contributed by atoms with E-state index >= 15 is 0 Å². The Hall–Kier alpha value is -3.98. The molecule has 1 aliphatic carbocycles. The highest BCUT2D eigenvalue weighted by Gasteiger charge is 2.30. The van der Waals surface area contributed by atoms with Crippen LogP contribution in [0, 0.1) is 0 Å². The molecule has 2 aromatic carbocycles. The third-order valence-corrected chi connectivity index (χ3v) is 6.54. The quantitative estimate of drug-likeness (QED) is 0.416. The van der Waals surface area contributed by atoms with Crippen LogP contribution in [0.25, 0.3) is 28.1 Å². The van der Waals surface area contributed by atoms with Gasteiger partial charge in [0.05, 0.1) is 29.4 Å². The van der Waals surface area contributed by atoms with Crippen LogP contribution >= 0.6 is 0 Å². The third-order valence-electron chi connectivity index (χ3n) is 6.54. The first-order valence-electron chi connectivity index (χ1n) is 11.0. The molecule has 0 unspecified atom stereocenters. The molecule has 0 saturated heterocycles. The van der Waals surface area contributed by atoms with Crippen molar-refractivity contribution in [3.8, 4) is 5.95 Å². The summed E-state index contributed by atoms with van der Waals surface area (Å²) in [5.41, 5.74) is 11.1. The molecular formula is C24H23N7O2. The van der Waals surface area contributed by atoms with E-state index in [1.54, 1.807) is 32.3 Å². The van der Waals surface area contributed by atoms with Gasteiger partial charge >= 0.3 is 5.69 Å². The van der Waals surface area contributed by atoms with Crippen LogP contribution in [0.1, 0.15) is 43.0 Å². The van der Waals surface area contributed by atoms with Gasteiger partial charge in [0.2, 0.25) is 5.95 Å². The summed E-state index contributed by atoms with van der Waals surface area (Å²) in [6, 6.07) is 13.0. The molecule has 3 N–H and O–H groups in total. The third kappa shape index (κ3) is 2.89. The SMILES string of the molecule is CCn1c(=O)n([C@@H]2CC[C@@H](O)c3ccccc32)c2nc(-n3cnc4ccc(N)cc43)ncc21. The average molecular weight is 441 g/mol. The van der Waals surface area contributed by atoms with Crippen molar-refractivity contribution in [3.05, 3.63) is 76.6 Å². The van der Waals surface area contributed by atoms with E-state index in [0.717, 1.165) is 22.2 Å². The lowest BCUT2D eigenvalue weighted by atomic mass is 9.85. The van der Waals surface area contributed by atoms with Gasteiger partial charge in [-0.05, 0) is 49.1 Å². The summed E-state index contributed by atoms with van der Waals surface area (Å²) in [5, 5.41) is 10.5. The van der Waals surface area contributed by atoms with Crippen molar-refractivity contribution in [3.63, 3.8) is 0 Å². The lowest BCUT2D eigenvalue weighted by Gasteiger charge is -2.29. The van der Waals surface area contributed by atoms with Gasteiger partial charge in [0.25, 0.3) is 0 Å². The minimum absolute atomic E-state index is 0.130. The number of benzene rings is 2. The maximum absolute atomic E-state index is 13.5. The second kappa shape index (κ2) is 7.28. The average Bonchev–Trinajstić information content (AvgIpc) is 3.37. The van der Waals surface area contributed by atoms with E-state index in [-0.39, 0.29) is 11.7 Å². The van der Waals surface area contributed by atoms with Gasteiger partial charge in [0, 0.05) is 12.2 Å². The number of aliphatic hydroxyl groups excluding tert-OH is 1. The molecule has 0 bridgehead atoms. The van der Waals surface area contributed by atoms with E-state index in [4.69, 9.17) is 10.7 Å². The van der Waals surface area contributed by atoms with E-state index in [0.29, 0.717) is 42.2 Å². The van der Waals surface area contributed by atoms with Gasteiger partial charge in [-0.1, -0.05) is 24.3 Å². The lowest BCUT2D eigenvalue weighted by Crippen LogP contribution is -2.30. The number of aliphatic hydroxyl groups is 1. The van der Waals surface area contributed by atoms with E-state index in [9.17, 15) is 9.90 Å². The molecule has 33 heavy (non-hydrogen) atoms. The van der Waals surface area contributed by atoms with Crippen LogP contribution in [-0.2, 0) is 6.54 Å². The van der Waals surface area contributed by atoms with Gasteiger partial charge in [-0.3, -0.25) is 13.7 Å². The number of nitrogens with zero attached hydrogens (tertiary/aromatic N) is 6. The zero-order valence-electron chi connectivity index (χ0n) is 18.1. The predicted octanol–water partition coefficient (Wildman–Crippen LogP) is 2.95. The molecule has 3 aromatic heterocycles. The number of imidazole rings is 2. The lowest BCUT2D eigenvalue weighted by molar-refractivity contribution is 0.147. The van der Waals surface area contributed by atoms with Gasteiger partial charge in [0.15, 0.2) is 5.65 Å². The molecule has 166 valence electrons. The zero-order chi connectivity index (χ0) is 22.7. The number of rotatable bonds is 3. The molecule has 0 spiro atoms. The molecule has 0 radical (unpaired) electrons. The number of hydrogen-bond acceptors (Lipinski definition) is 6. The highest BCUT2D eigenvalue weighted by Crippen LogP contribution is 2.38. The summed E-state index contributed by atoms with van der Waals surface area (Å²) in [7, 11) is 0. The number of hydrogen-bond donors (Lipinski definition) is 2. The standard InChI is InChI=1S/C24H23N7O2/c1-2-29-20-12-26-23(30-13-27-17-8-7-14(25)11-19(17)30)28-22(20)31(24(29)33)18-9-10-21(32)16-6-4-3-5-15(16)18/h3-8,11-13,18,21,32H,2,9-10,25H2,1H3/t18-,21-/m1/s1. The molecule has 0 saturated carbocycles. The number of aromatic nitrogens is 6. The van der Waals surface area contributed by atoms with Crippen molar-refractivity contribution < 1.29 is 5.11 Å². The predicted molar refractivity (Wildman–Crippen MR) is 125 cm³/mol. The van der Waals surface area contributed by atoms with Crippen molar-refractivity contribution in [2.24, 2.45) is 0 Å². The van der Waals surface area contributed by atoms with Crippen LogP contribution in [0.5, 0.6) is 0 Å². The summed E-state index contributed by atoms with van der Waals surface area (Å²) in [4.78, 5) is 27.4. The molecule has 0 fully saturated rings. The molecule has 2 atom stereocenters. The van der Waals surface area contributed by atoms with E-state index < -0.39 is 6.10 Å². The van der Waals surface area contributed by atoms with Gasteiger partial charge < -0.3 is 10.8 Å². The highest BCUT2D eigenvalue weighted by atomic mass is 16.3.